The molecule has 0 radical (unpaired) electrons. The van der Waals surface area contributed by atoms with Gasteiger partial charge in [0, 0.05) is 6.54 Å². The normalized spacial score (nSPS) is 12.2. The number of aromatic amines is 1. The van der Waals surface area contributed by atoms with Crippen LogP contribution in [0.5, 0.6) is 0 Å². The lowest BCUT2D eigenvalue weighted by atomic mass is 10.1. The number of nitriles is 1. The zero-order chi connectivity index (χ0) is 12.1. The Morgan fingerprint density at radius 2 is 2.31 bits per heavy atom. The maximum atomic E-state index is 11.5. The van der Waals surface area contributed by atoms with Crippen LogP contribution in [0.1, 0.15) is 30.0 Å². The molecule has 1 aromatic heterocycles. The van der Waals surface area contributed by atoms with Crippen LogP contribution in [0.15, 0.2) is 12.1 Å². The Hall–Kier alpha value is -1.80. The smallest absolute Gasteiger partial charge is 0.267 e. The van der Waals surface area contributed by atoms with Crippen LogP contribution in [0, 0.1) is 17.2 Å². The number of hydrogen-bond donors (Lipinski definition) is 3. The molecule has 0 fully saturated rings. The molecule has 1 atom stereocenters. The Labute approximate surface area is 94.1 Å². The van der Waals surface area contributed by atoms with E-state index < -0.39 is 6.10 Å². The highest BCUT2D eigenvalue weighted by atomic mass is 16.3. The lowest BCUT2D eigenvalue weighted by Gasteiger charge is -2.14. The molecule has 86 valence electrons. The summed E-state index contributed by atoms with van der Waals surface area (Å²) in [5.74, 6) is -0.222. The second kappa shape index (κ2) is 5.33. The van der Waals surface area contributed by atoms with Gasteiger partial charge in [0.05, 0.1) is 6.10 Å². The fraction of sp³-hybridized carbons (Fsp3) is 0.455. The lowest BCUT2D eigenvalue weighted by molar-refractivity contribution is 0.0867. The number of aliphatic hydroxyl groups excluding tert-OH is 1. The summed E-state index contributed by atoms with van der Waals surface area (Å²) in [7, 11) is 0. The summed E-state index contributed by atoms with van der Waals surface area (Å²) in [4.78, 5) is 14.2. The second-order valence-corrected chi connectivity index (χ2v) is 3.92. The molecule has 5 heteroatoms. The molecule has 0 saturated heterocycles. The third kappa shape index (κ3) is 3.11. The van der Waals surface area contributed by atoms with Crippen molar-refractivity contribution in [3.8, 4) is 6.07 Å². The first kappa shape index (κ1) is 12.3. The third-order valence-corrected chi connectivity index (χ3v) is 2.29. The number of carbonyl (C=O) groups excluding carboxylic acids is 1. The van der Waals surface area contributed by atoms with Crippen molar-refractivity contribution in [1.82, 2.24) is 10.3 Å². The van der Waals surface area contributed by atoms with Gasteiger partial charge in [-0.2, -0.15) is 5.26 Å². The molecule has 5 nitrogen and oxygen atoms in total. The fourth-order valence-electron chi connectivity index (χ4n) is 1.12. The average Bonchev–Trinajstić information content (AvgIpc) is 2.73. The van der Waals surface area contributed by atoms with Crippen LogP contribution in [0.3, 0.4) is 0 Å². The highest BCUT2D eigenvalue weighted by Crippen LogP contribution is 2.02. The first-order valence-electron chi connectivity index (χ1n) is 5.10. The lowest BCUT2D eigenvalue weighted by Crippen LogP contribution is -2.34. The number of aliphatic hydroxyl groups is 1. The predicted octanol–water partition coefficient (Wildman–Crippen LogP) is 0.633. The Bertz CT molecular complexity index is 404. The predicted molar refractivity (Wildman–Crippen MR) is 58.7 cm³/mol. The SMILES string of the molecule is CC(C)C(O)CNC(=O)c1ccc(C#N)[nH]1. The van der Waals surface area contributed by atoms with Gasteiger partial charge >= 0.3 is 0 Å². The van der Waals surface area contributed by atoms with Gasteiger partial charge in [-0.25, -0.2) is 0 Å². The molecule has 1 rings (SSSR count). The van der Waals surface area contributed by atoms with Gasteiger partial charge in [-0.3, -0.25) is 4.79 Å². The number of amides is 1. The Morgan fingerprint density at radius 3 is 2.81 bits per heavy atom. The maximum Gasteiger partial charge on any atom is 0.267 e. The summed E-state index contributed by atoms with van der Waals surface area (Å²) in [6, 6.07) is 4.97. The fourth-order valence-corrected chi connectivity index (χ4v) is 1.12. The highest BCUT2D eigenvalue weighted by Gasteiger charge is 2.12. The summed E-state index contributed by atoms with van der Waals surface area (Å²) in [6.07, 6.45) is -0.561. The van der Waals surface area contributed by atoms with Gasteiger partial charge in [0.15, 0.2) is 0 Å². The zero-order valence-corrected chi connectivity index (χ0v) is 9.32. The molecular formula is C11H15N3O2. The van der Waals surface area contributed by atoms with E-state index in [0.29, 0.717) is 11.4 Å². The molecule has 1 aromatic rings. The molecule has 3 N–H and O–H groups in total. The van der Waals surface area contributed by atoms with Gasteiger partial charge in [-0.1, -0.05) is 13.8 Å². The molecule has 0 aromatic carbocycles. The number of H-pyrrole nitrogens is 1. The summed E-state index contributed by atoms with van der Waals surface area (Å²) in [5.41, 5.74) is 0.669. The molecule has 0 aliphatic rings. The molecular weight excluding hydrogens is 206 g/mol. The minimum Gasteiger partial charge on any atom is -0.391 e. The summed E-state index contributed by atoms with van der Waals surface area (Å²) < 4.78 is 0. The molecule has 0 saturated carbocycles. The standard InChI is InChI=1S/C11H15N3O2/c1-7(2)10(15)6-13-11(16)9-4-3-8(5-12)14-9/h3-4,7,10,14-15H,6H2,1-2H3,(H,13,16). The molecule has 0 aliphatic carbocycles. The minimum absolute atomic E-state index is 0.0959. The monoisotopic (exact) mass is 221 g/mol. The van der Waals surface area contributed by atoms with Crippen molar-refractivity contribution < 1.29 is 9.90 Å². The van der Waals surface area contributed by atoms with Gasteiger partial charge in [0.2, 0.25) is 0 Å². The maximum absolute atomic E-state index is 11.5. The average molecular weight is 221 g/mol. The van der Waals surface area contributed by atoms with Crippen molar-refractivity contribution in [3.05, 3.63) is 23.5 Å². The summed E-state index contributed by atoms with van der Waals surface area (Å²) >= 11 is 0. The van der Waals surface area contributed by atoms with E-state index in [1.165, 1.54) is 12.1 Å². The summed E-state index contributed by atoms with van der Waals surface area (Å²) in [6.45, 7) is 3.95. The van der Waals surface area contributed by atoms with Crippen LogP contribution >= 0.6 is 0 Å². The summed E-state index contributed by atoms with van der Waals surface area (Å²) in [5, 5.41) is 20.7. The molecule has 0 aliphatic heterocycles. The van der Waals surface area contributed by atoms with E-state index in [9.17, 15) is 9.90 Å². The Balaban J connectivity index is 2.50. The van der Waals surface area contributed by atoms with E-state index in [1.54, 1.807) is 0 Å². The van der Waals surface area contributed by atoms with Gasteiger partial charge < -0.3 is 15.4 Å². The number of rotatable bonds is 4. The van der Waals surface area contributed by atoms with Crippen molar-refractivity contribution in [2.75, 3.05) is 6.54 Å². The van der Waals surface area contributed by atoms with Crippen LogP contribution in [-0.4, -0.2) is 28.6 Å². The van der Waals surface area contributed by atoms with E-state index in [2.05, 4.69) is 10.3 Å². The molecule has 1 unspecified atom stereocenters. The van der Waals surface area contributed by atoms with Crippen molar-refractivity contribution in [2.45, 2.75) is 20.0 Å². The zero-order valence-electron chi connectivity index (χ0n) is 9.32. The van der Waals surface area contributed by atoms with Crippen LogP contribution in [0.25, 0.3) is 0 Å². The van der Waals surface area contributed by atoms with E-state index in [0.717, 1.165) is 0 Å². The first-order valence-corrected chi connectivity index (χ1v) is 5.10. The van der Waals surface area contributed by atoms with E-state index in [1.807, 2.05) is 19.9 Å². The van der Waals surface area contributed by atoms with Crippen molar-refractivity contribution in [2.24, 2.45) is 5.92 Å². The highest BCUT2D eigenvalue weighted by molar-refractivity contribution is 5.92. The second-order valence-electron chi connectivity index (χ2n) is 3.92. The van der Waals surface area contributed by atoms with Gasteiger partial charge in [-0.15, -0.1) is 0 Å². The van der Waals surface area contributed by atoms with Crippen molar-refractivity contribution >= 4 is 5.91 Å². The van der Waals surface area contributed by atoms with Gasteiger partial charge in [-0.05, 0) is 18.1 Å². The topological polar surface area (TPSA) is 88.9 Å². The molecule has 1 heterocycles. The van der Waals surface area contributed by atoms with E-state index in [-0.39, 0.29) is 18.4 Å². The van der Waals surface area contributed by atoms with Crippen LogP contribution < -0.4 is 5.32 Å². The van der Waals surface area contributed by atoms with Gasteiger partial charge in [0.1, 0.15) is 17.5 Å². The van der Waals surface area contributed by atoms with Crippen LogP contribution in [-0.2, 0) is 0 Å². The first-order chi connectivity index (χ1) is 7.54. The molecule has 16 heavy (non-hydrogen) atoms. The van der Waals surface area contributed by atoms with Crippen molar-refractivity contribution in [1.29, 1.82) is 5.26 Å². The number of hydrogen-bond acceptors (Lipinski definition) is 3. The minimum atomic E-state index is -0.561. The van der Waals surface area contributed by atoms with Crippen LogP contribution in [0.4, 0.5) is 0 Å². The largest absolute Gasteiger partial charge is 0.391 e. The quantitative estimate of drug-likeness (QED) is 0.696. The van der Waals surface area contributed by atoms with E-state index >= 15 is 0 Å². The number of nitrogens with zero attached hydrogens (tertiary/aromatic N) is 1. The molecule has 0 bridgehead atoms. The third-order valence-electron chi connectivity index (χ3n) is 2.29. The Kier molecular flexibility index (Phi) is 4.09. The Morgan fingerprint density at radius 1 is 1.62 bits per heavy atom. The number of carbonyl (C=O) groups is 1. The van der Waals surface area contributed by atoms with E-state index in [4.69, 9.17) is 5.26 Å². The van der Waals surface area contributed by atoms with Crippen LogP contribution in [0.2, 0.25) is 0 Å². The number of aromatic nitrogens is 1. The van der Waals surface area contributed by atoms with Crippen molar-refractivity contribution in [3.63, 3.8) is 0 Å². The molecule has 0 spiro atoms. The number of nitrogens with one attached hydrogen (secondary N) is 2. The molecule has 1 amide bonds. The van der Waals surface area contributed by atoms with Gasteiger partial charge in [0.25, 0.3) is 5.91 Å².